The van der Waals surface area contributed by atoms with E-state index in [4.69, 9.17) is 0 Å². The molecular formula is C21H37N. The molecular weight excluding hydrogens is 266 g/mol. The van der Waals surface area contributed by atoms with Gasteiger partial charge < -0.3 is 0 Å². The minimum atomic E-state index is 0.766. The van der Waals surface area contributed by atoms with Crippen LogP contribution in [0.2, 0.25) is 0 Å². The van der Waals surface area contributed by atoms with Gasteiger partial charge in [0.2, 0.25) is 0 Å². The molecule has 0 aromatic heterocycles. The summed E-state index contributed by atoms with van der Waals surface area (Å²) in [6, 6.07) is 0. The number of hydrogen-bond acceptors (Lipinski definition) is 1. The molecule has 0 spiro atoms. The molecule has 0 radical (unpaired) electrons. The van der Waals surface area contributed by atoms with Gasteiger partial charge in [0.15, 0.2) is 0 Å². The smallest absolute Gasteiger partial charge is 0.0406 e. The molecule has 0 unspecified atom stereocenters. The number of nitrogens with zero attached hydrogens (tertiary/aromatic N) is 1. The van der Waals surface area contributed by atoms with Crippen LogP contribution < -0.4 is 0 Å². The fraction of sp³-hybridized carbons (Fsp3) is 0.667. The fourth-order valence-corrected chi connectivity index (χ4v) is 2.82. The van der Waals surface area contributed by atoms with Gasteiger partial charge in [0, 0.05) is 11.9 Å². The summed E-state index contributed by atoms with van der Waals surface area (Å²) in [5, 5.41) is 0. The van der Waals surface area contributed by atoms with E-state index in [1.165, 1.54) is 64.2 Å². The largest absolute Gasteiger partial charge is 0.262 e. The van der Waals surface area contributed by atoms with Crippen molar-refractivity contribution < 1.29 is 0 Å². The molecule has 0 saturated carbocycles. The summed E-state index contributed by atoms with van der Waals surface area (Å²) in [4.78, 5) is 4.44. The summed E-state index contributed by atoms with van der Waals surface area (Å²) < 4.78 is 0. The topological polar surface area (TPSA) is 12.4 Å². The highest BCUT2D eigenvalue weighted by Gasteiger charge is 2.11. The van der Waals surface area contributed by atoms with Crippen LogP contribution in [0.25, 0.3) is 0 Å². The molecule has 0 aromatic rings. The van der Waals surface area contributed by atoms with E-state index < -0.39 is 0 Å². The Balaban J connectivity index is 4.44. The maximum absolute atomic E-state index is 4.44. The lowest BCUT2D eigenvalue weighted by atomic mass is 9.89. The van der Waals surface area contributed by atoms with E-state index in [0.29, 0.717) is 0 Å². The average molecular weight is 304 g/mol. The van der Waals surface area contributed by atoms with Crippen molar-refractivity contribution in [2.24, 2.45) is 10.9 Å². The lowest BCUT2D eigenvalue weighted by Gasteiger charge is -2.17. The first-order valence-corrected chi connectivity index (χ1v) is 9.25. The Kier molecular flexibility index (Phi) is 15.4. The Morgan fingerprint density at radius 3 is 1.95 bits per heavy atom. The summed E-state index contributed by atoms with van der Waals surface area (Å²) in [6.07, 6.45) is 22.1. The van der Waals surface area contributed by atoms with Gasteiger partial charge in [-0.05, 0) is 18.4 Å². The Morgan fingerprint density at radius 1 is 0.909 bits per heavy atom. The first-order chi connectivity index (χ1) is 10.8. The normalized spacial score (nSPS) is 12.2. The highest BCUT2D eigenvalue weighted by molar-refractivity contribution is 5.95. The monoisotopic (exact) mass is 303 g/mol. The van der Waals surface area contributed by atoms with E-state index in [9.17, 15) is 0 Å². The zero-order valence-electron chi connectivity index (χ0n) is 15.0. The first kappa shape index (κ1) is 20.9. The van der Waals surface area contributed by atoms with Crippen molar-refractivity contribution in [1.82, 2.24) is 0 Å². The van der Waals surface area contributed by atoms with Crippen LogP contribution in [0.1, 0.15) is 84.5 Å². The van der Waals surface area contributed by atoms with Gasteiger partial charge in [0.25, 0.3) is 0 Å². The predicted molar refractivity (Wildman–Crippen MR) is 103 cm³/mol. The Bertz CT molecular complexity index is 313. The van der Waals surface area contributed by atoms with Crippen molar-refractivity contribution in [2.75, 3.05) is 0 Å². The molecule has 1 heteroatoms. The summed E-state index contributed by atoms with van der Waals surface area (Å²) in [6.45, 7) is 12.0. The van der Waals surface area contributed by atoms with E-state index >= 15 is 0 Å². The second kappa shape index (κ2) is 16.3. The highest BCUT2D eigenvalue weighted by atomic mass is 14.7. The Hall–Kier alpha value is -1.11. The van der Waals surface area contributed by atoms with Gasteiger partial charge in [-0.1, -0.05) is 103 Å². The van der Waals surface area contributed by atoms with E-state index in [-0.39, 0.29) is 0 Å². The third kappa shape index (κ3) is 12.6. The van der Waals surface area contributed by atoms with Crippen LogP contribution in [-0.2, 0) is 0 Å². The molecule has 0 aromatic carbocycles. The molecule has 1 nitrogen and oxygen atoms in total. The van der Waals surface area contributed by atoms with Crippen LogP contribution >= 0.6 is 0 Å². The van der Waals surface area contributed by atoms with Crippen LogP contribution in [0, 0.1) is 5.92 Å². The van der Waals surface area contributed by atoms with Gasteiger partial charge in [-0.25, -0.2) is 0 Å². The van der Waals surface area contributed by atoms with Crippen LogP contribution in [-0.4, -0.2) is 5.71 Å². The SMILES string of the molecule is C=C/C=C\C(CC(CCCCCC)CCCCCC)=NC=C. The average Bonchev–Trinajstić information content (AvgIpc) is 2.53. The third-order valence-electron chi connectivity index (χ3n) is 4.11. The minimum Gasteiger partial charge on any atom is -0.262 e. The van der Waals surface area contributed by atoms with Crippen molar-refractivity contribution in [3.8, 4) is 0 Å². The molecule has 0 fully saturated rings. The summed E-state index contributed by atoms with van der Waals surface area (Å²) in [5.41, 5.74) is 1.14. The van der Waals surface area contributed by atoms with Crippen molar-refractivity contribution in [1.29, 1.82) is 0 Å². The van der Waals surface area contributed by atoms with Crippen molar-refractivity contribution >= 4 is 5.71 Å². The zero-order valence-corrected chi connectivity index (χ0v) is 15.0. The fourth-order valence-electron chi connectivity index (χ4n) is 2.82. The van der Waals surface area contributed by atoms with E-state index in [2.05, 4.69) is 38.1 Å². The minimum absolute atomic E-state index is 0.766. The van der Waals surface area contributed by atoms with Crippen LogP contribution in [0.15, 0.2) is 42.6 Å². The second-order valence-electron chi connectivity index (χ2n) is 6.17. The van der Waals surface area contributed by atoms with Crippen molar-refractivity contribution in [3.63, 3.8) is 0 Å². The molecule has 22 heavy (non-hydrogen) atoms. The number of hydrogen-bond donors (Lipinski definition) is 0. The molecule has 0 atom stereocenters. The zero-order chi connectivity index (χ0) is 16.5. The van der Waals surface area contributed by atoms with Crippen LogP contribution in [0.4, 0.5) is 0 Å². The lowest BCUT2D eigenvalue weighted by molar-refractivity contribution is 0.417. The maximum Gasteiger partial charge on any atom is 0.0406 e. The van der Waals surface area contributed by atoms with E-state index in [0.717, 1.165) is 18.1 Å². The highest BCUT2D eigenvalue weighted by Crippen LogP contribution is 2.22. The van der Waals surface area contributed by atoms with Gasteiger partial charge in [-0.15, -0.1) is 0 Å². The lowest BCUT2D eigenvalue weighted by Crippen LogP contribution is -2.07. The van der Waals surface area contributed by atoms with Gasteiger partial charge in [-0.3, -0.25) is 4.99 Å². The molecule has 0 aliphatic carbocycles. The quantitative estimate of drug-likeness (QED) is 0.171. The number of aliphatic imine (C=N–C) groups is 1. The first-order valence-electron chi connectivity index (χ1n) is 9.25. The van der Waals surface area contributed by atoms with Crippen molar-refractivity contribution in [3.05, 3.63) is 37.6 Å². The molecule has 0 heterocycles. The molecule has 0 N–H and O–H groups in total. The molecule has 0 rings (SSSR count). The standard InChI is InChI=1S/C21H37N/c1-5-9-12-14-16-20(17-15-13-10-6-2)19-21(22-8-4)18-11-7-3/h7-8,11,18,20H,3-6,9-10,12-17,19H2,1-2H3/b18-11-,22-21?. The van der Waals surface area contributed by atoms with E-state index in [1.54, 1.807) is 6.20 Å². The number of rotatable bonds is 15. The molecule has 0 saturated heterocycles. The Morgan fingerprint density at radius 2 is 1.50 bits per heavy atom. The summed E-state index contributed by atoms with van der Waals surface area (Å²) >= 11 is 0. The molecule has 126 valence electrons. The molecule has 0 bridgehead atoms. The van der Waals surface area contributed by atoms with Gasteiger partial charge in [0.1, 0.15) is 0 Å². The Labute approximate surface area is 139 Å². The predicted octanol–water partition coefficient (Wildman–Crippen LogP) is 7.26. The molecule has 0 aliphatic heterocycles. The van der Waals surface area contributed by atoms with Crippen LogP contribution in [0.5, 0.6) is 0 Å². The second-order valence-corrected chi connectivity index (χ2v) is 6.17. The summed E-state index contributed by atoms with van der Waals surface area (Å²) in [5.74, 6) is 0.766. The number of unbranched alkanes of at least 4 members (excludes halogenated alkanes) is 6. The maximum atomic E-state index is 4.44. The third-order valence-corrected chi connectivity index (χ3v) is 4.11. The van der Waals surface area contributed by atoms with Gasteiger partial charge in [0.05, 0.1) is 0 Å². The number of allylic oxidation sites excluding steroid dienone is 3. The summed E-state index contributed by atoms with van der Waals surface area (Å²) in [7, 11) is 0. The van der Waals surface area contributed by atoms with Gasteiger partial charge >= 0.3 is 0 Å². The van der Waals surface area contributed by atoms with Gasteiger partial charge in [-0.2, -0.15) is 0 Å². The van der Waals surface area contributed by atoms with Crippen molar-refractivity contribution in [2.45, 2.75) is 84.5 Å². The molecule has 0 amide bonds. The van der Waals surface area contributed by atoms with E-state index in [1.807, 2.05) is 12.2 Å². The molecule has 0 aliphatic rings. The van der Waals surface area contributed by atoms with Crippen LogP contribution in [0.3, 0.4) is 0 Å².